The Morgan fingerprint density at radius 3 is 2.43 bits per heavy atom. The molecule has 1 aromatic carbocycles. The molecule has 0 spiro atoms. The van der Waals surface area contributed by atoms with Gasteiger partial charge < -0.3 is 20.4 Å². The fourth-order valence-corrected chi connectivity index (χ4v) is 3.72. The van der Waals surface area contributed by atoms with Crippen molar-refractivity contribution in [1.82, 2.24) is 20.4 Å². The molecular weight excluding hydrogens is 346 g/mol. The van der Waals surface area contributed by atoms with E-state index < -0.39 is 0 Å². The summed E-state index contributed by atoms with van der Waals surface area (Å²) < 4.78 is 0. The Labute approximate surface area is 172 Å². The minimum atomic E-state index is 0.455. The van der Waals surface area contributed by atoms with E-state index in [1.54, 1.807) is 0 Å². The lowest BCUT2D eigenvalue weighted by Crippen LogP contribution is -2.47. The average Bonchev–Trinajstić information content (AvgIpc) is 2.70. The Morgan fingerprint density at radius 1 is 1.07 bits per heavy atom. The van der Waals surface area contributed by atoms with Crippen LogP contribution in [0.2, 0.25) is 0 Å². The van der Waals surface area contributed by atoms with Crippen molar-refractivity contribution in [1.29, 1.82) is 0 Å². The van der Waals surface area contributed by atoms with Crippen LogP contribution in [-0.4, -0.2) is 74.7 Å². The molecule has 1 saturated heterocycles. The molecule has 2 unspecified atom stereocenters. The van der Waals surface area contributed by atoms with Crippen LogP contribution < -0.4 is 10.6 Å². The number of aryl methyl sites for hydroxylation is 1. The average molecular weight is 388 g/mol. The normalized spacial score (nSPS) is 18.7. The third-order valence-corrected chi connectivity index (χ3v) is 5.57. The van der Waals surface area contributed by atoms with Gasteiger partial charge in [-0.15, -0.1) is 0 Å². The molecule has 0 amide bonds. The van der Waals surface area contributed by atoms with Crippen LogP contribution in [0, 0.1) is 12.8 Å². The number of benzene rings is 1. The van der Waals surface area contributed by atoms with Crippen molar-refractivity contribution in [2.24, 2.45) is 10.9 Å². The number of rotatable bonds is 9. The van der Waals surface area contributed by atoms with Gasteiger partial charge in [-0.2, -0.15) is 0 Å². The molecule has 0 bridgehead atoms. The summed E-state index contributed by atoms with van der Waals surface area (Å²) in [6.45, 7) is 20.8. The Morgan fingerprint density at radius 2 is 1.79 bits per heavy atom. The molecule has 5 heteroatoms. The van der Waals surface area contributed by atoms with Gasteiger partial charge >= 0.3 is 0 Å². The van der Waals surface area contributed by atoms with Crippen molar-refractivity contribution in [3.8, 4) is 0 Å². The molecule has 0 aliphatic carbocycles. The topological polar surface area (TPSA) is 42.9 Å². The van der Waals surface area contributed by atoms with Gasteiger partial charge in [0.15, 0.2) is 5.96 Å². The number of hydrogen-bond acceptors (Lipinski definition) is 3. The van der Waals surface area contributed by atoms with Gasteiger partial charge in [0.1, 0.15) is 0 Å². The molecule has 0 aromatic heterocycles. The second kappa shape index (κ2) is 12.1. The fraction of sp³-hybridized carbons (Fsp3) is 0.696. The molecular formula is C23H41N5. The Balaban J connectivity index is 1.79. The zero-order valence-electron chi connectivity index (χ0n) is 18.7. The molecule has 1 aliphatic rings. The van der Waals surface area contributed by atoms with Crippen molar-refractivity contribution in [2.45, 2.75) is 40.5 Å². The van der Waals surface area contributed by atoms with Crippen LogP contribution in [0.3, 0.4) is 0 Å². The van der Waals surface area contributed by atoms with Crippen LogP contribution in [0.4, 0.5) is 0 Å². The molecule has 2 atom stereocenters. The van der Waals surface area contributed by atoms with E-state index in [9.17, 15) is 0 Å². The van der Waals surface area contributed by atoms with E-state index in [-0.39, 0.29) is 0 Å². The number of guanidine groups is 1. The standard InChI is InChI=1S/C23H41N5/c1-6-24-23(26-17-21(5)22-10-8-9-19(3)15-22)25-16-20(4)18-28-13-11-27(7-2)12-14-28/h8-10,15,20-21H,6-7,11-14,16-18H2,1-5H3,(H2,24,25,26). The van der Waals surface area contributed by atoms with Crippen molar-refractivity contribution in [3.63, 3.8) is 0 Å². The Kier molecular flexibility index (Phi) is 9.79. The Bertz CT molecular complexity index is 592. The van der Waals surface area contributed by atoms with Crippen molar-refractivity contribution in [2.75, 3.05) is 58.9 Å². The largest absolute Gasteiger partial charge is 0.357 e. The lowest BCUT2D eigenvalue weighted by molar-refractivity contribution is 0.125. The number of aliphatic imine (C=N–C) groups is 1. The minimum absolute atomic E-state index is 0.455. The van der Waals surface area contributed by atoms with E-state index in [1.807, 2.05) is 0 Å². The summed E-state index contributed by atoms with van der Waals surface area (Å²) in [7, 11) is 0. The third-order valence-electron chi connectivity index (χ3n) is 5.57. The van der Waals surface area contributed by atoms with Gasteiger partial charge in [-0.25, -0.2) is 0 Å². The zero-order valence-corrected chi connectivity index (χ0v) is 18.7. The van der Waals surface area contributed by atoms with Crippen molar-refractivity contribution < 1.29 is 0 Å². The summed E-state index contributed by atoms with van der Waals surface area (Å²) in [5.41, 5.74) is 2.70. The van der Waals surface area contributed by atoms with Crippen LogP contribution in [0.15, 0.2) is 29.3 Å². The molecule has 5 nitrogen and oxygen atoms in total. The van der Waals surface area contributed by atoms with Crippen molar-refractivity contribution in [3.05, 3.63) is 35.4 Å². The summed E-state index contributed by atoms with van der Waals surface area (Å²) in [6, 6.07) is 8.78. The maximum Gasteiger partial charge on any atom is 0.191 e. The zero-order chi connectivity index (χ0) is 20.4. The maximum atomic E-state index is 4.85. The first-order chi connectivity index (χ1) is 13.5. The molecule has 28 heavy (non-hydrogen) atoms. The third kappa shape index (κ3) is 7.80. The first-order valence-electron chi connectivity index (χ1n) is 11.0. The highest BCUT2D eigenvalue weighted by Gasteiger charge is 2.17. The van der Waals surface area contributed by atoms with E-state index in [1.165, 1.54) is 43.9 Å². The van der Waals surface area contributed by atoms with Gasteiger partial charge in [-0.1, -0.05) is 50.6 Å². The molecule has 2 rings (SSSR count). The predicted molar refractivity (Wildman–Crippen MR) is 121 cm³/mol. The first-order valence-corrected chi connectivity index (χ1v) is 11.0. The number of likely N-dealkylation sites (N-methyl/N-ethyl adjacent to an activating group) is 1. The summed E-state index contributed by atoms with van der Waals surface area (Å²) >= 11 is 0. The van der Waals surface area contributed by atoms with Gasteiger partial charge in [0, 0.05) is 52.4 Å². The SMILES string of the molecule is CCNC(=NCC(C)CN1CCN(CC)CC1)NCC(C)c1cccc(C)c1. The summed E-state index contributed by atoms with van der Waals surface area (Å²) in [4.78, 5) is 9.97. The predicted octanol–water partition coefficient (Wildman–Crippen LogP) is 2.93. The van der Waals surface area contributed by atoms with E-state index in [0.29, 0.717) is 11.8 Å². The highest BCUT2D eigenvalue weighted by atomic mass is 15.3. The second-order valence-electron chi connectivity index (χ2n) is 8.26. The summed E-state index contributed by atoms with van der Waals surface area (Å²) in [5, 5.41) is 6.92. The summed E-state index contributed by atoms with van der Waals surface area (Å²) in [6.07, 6.45) is 0. The van der Waals surface area contributed by atoms with Gasteiger partial charge in [0.25, 0.3) is 0 Å². The monoisotopic (exact) mass is 387 g/mol. The number of nitrogens with one attached hydrogen (secondary N) is 2. The fourth-order valence-electron chi connectivity index (χ4n) is 3.72. The number of piperazine rings is 1. The van der Waals surface area contributed by atoms with Gasteiger partial charge in [-0.05, 0) is 37.8 Å². The van der Waals surface area contributed by atoms with Crippen molar-refractivity contribution >= 4 is 5.96 Å². The smallest absolute Gasteiger partial charge is 0.191 e. The molecule has 1 fully saturated rings. The lowest BCUT2D eigenvalue weighted by atomic mass is 9.99. The van der Waals surface area contributed by atoms with Gasteiger partial charge in [-0.3, -0.25) is 4.99 Å². The Hall–Kier alpha value is -1.59. The number of nitrogens with zero attached hydrogens (tertiary/aromatic N) is 3. The maximum absolute atomic E-state index is 4.85. The molecule has 1 aromatic rings. The molecule has 158 valence electrons. The number of hydrogen-bond donors (Lipinski definition) is 2. The van der Waals surface area contributed by atoms with Gasteiger partial charge in [0.2, 0.25) is 0 Å². The minimum Gasteiger partial charge on any atom is -0.357 e. The quantitative estimate of drug-likeness (QED) is 0.505. The molecule has 1 aliphatic heterocycles. The van der Waals surface area contributed by atoms with Crippen LogP contribution in [-0.2, 0) is 0 Å². The summed E-state index contributed by atoms with van der Waals surface area (Å²) in [5.74, 6) is 1.96. The second-order valence-corrected chi connectivity index (χ2v) is 8.26. The van der Waals surface area contributed by atoms with Crippen LogP contribution in [0.25, 0.3) is 0 Å². The van der Waals surface area contributed by atoms with Crippen LogP contribution in [0.5, 0.6) is 0 Å². The molecule has 1 heterocycles. The first kappa shape index (κ1) is 22.7. The van der Waals surface area contributed by atoms with Crippen LogP contribution >= 0.6 is 0 Å². The van der Waals surface area contributed by atoms with Gasteiger partial charge in [0.05, 0.1) is 0 Å². The van der Waals surface area contributed by atoms with Crippen LogP contribution in [0.1, 0.15) is 44.7 Å². The van der Waals surface area contributed by atoms with E-state index in [2.05, 4.69) is 79.3 Å². The lowest BCUT2D eigenvalue weighted by Gasteiger charge is -2.35. The molecule has 2 N–H and O–H groups in total. The van der Waals surface area contributed by atoms with E-state index in [0.717, 1.165) is 32.1 Å². The van der Waals surface area contributed by atoms with E-state index in [4.69, 9.17) is 4.99 Å². The highest BCUT2D eigenvalue weighted by molar-refractivity contribution is 5.79. The molecule has 0 saturated carbocycles. The highest BCUT2D eigenvalue weighted by Crippen LogP contribution is 2.15. The molecule has 0 radical (unpaired) electrons. The van der Waals surface area contributed by atoms with E-state index >= 15 is 0 Å².